The highest BCUT2D eigenvalue weighted by Crippen LogP contribution is 2.30. The molecule has 0 saturated heterocycles. The Morgan fingerprint density at radius 3 is 2.86 bits per heavy atom. The maximum absolute atomic E-state index is 11.9. The number of ether oxygens (including phenoxy) is 1. The summed E-state index contributed by atoms with van der Waals surface area (Å²) in [5, 5.41) is 1.26. The van der Waals surface area contributed by atoms with Crippen LogP contribution in [0.1, 0.15) is 18.2 Å². The van der Waals surface area contributed by atoms with Crippen LogP contribution in [0, 0.1) is 0 Å². The van der Waals surface area contributed by atoms with Crippen molar-refractivity contribution in [3.05, 3.63) is 35.5 Å². The number of benzene rings is 1. The molecule has 21 heavy (non-hydrogen) atoms. The van der Waals surface area contributed by atoms with Crippen LogP contribution in [0.15, 0.2) is 24.3 Å². The van der Waals surface area contributed by atoms with E-state index in [1.807, 2.05) is 13.0 Å². The minimum absolute atomic E-state index is 0. The van der Waals surface area contributed by atoms with Gasteiger partial charge in [0.2, 0.25) is 0 Å². The second kappa shape index (κ2) is 6.50. The zero-order valence-electron chi connectivity index (χ0n) is 12.5. The zero-order valence-corrected chi connectivity index (χ0v) is 13.3. The molecule has 0 fully saturated rings. The number of carbonyl (C=O) groups excluding carboxylic acids is 1. The molecule has 0 bridgehead atoms. The predicted molar refractivity (Wildman–Crippen MR) is 85.9 cm³/mol. The van der Waals surface area contributed by atoms with Gasteiger partial charge in [-0.05, 0) is 25.6 Å². The van der Waals surface area contributed by atoms with Gasteiger partial charge in [0.15, 0.2) is 0 Å². The van der Waals surface area contributed by atoms with E-state index in [-0.39, 0.29) is 18.4 Å². The van der Waals surface area contributed by atoms with E-state index in [2.05, 4.69) is 34.7 Å². The van der Waals surface area contributed by atoms with E-state index < -0.39 is 0 Å². The van der Waals surface area contributed by atoms with E-state index in [0.29, 0.717) is 13.2 Å². The third kappa shape index (κ3) is 2.92. The molecule has 1 aromatic heterocycles. The van der Waals surface area contributed by atoms with Gasteiger partial charge in [-0.3, -0.25) is 4.79 Å². The summed E-state index contributed by atoms with van der Waals surface area (Å²) in [5.74, 6) is -0.157. The first-order valence-corrected chi connectivity index (χ1v) is 7.14. The Hall–Kier alpha value is -1.52. The van der Waals surface area contributed by atoms with E-state index in [0.717, 1.165) is 25.0 Å². The molecule has 0 unspecified atom stereocenters. The molecule has 3 rings (SSSR count). The number of rotatable bonds is 3. The summed E-state index contributed by atoms with van der Waals surface area (Å²) in [7, 11) is 2.14. The number of carbonyl (C=O) groups is 1. The highest BCUT2D eigenvalue weighted by Gasteiger charge is 2.23. The Labute approximate surface area is 131 Å². The molecule has 0 N–H and O–H groups in total. The van der Waals surface area contributed by atoms with Crippen LogP contribution < -0.4 is 0 Å². The molecule has 0 atom stereocenters. The largest absolute Gasteiger partial charge is 0.465 e. The number of aromatic nitrogens is 1. The average molecular weight is 309 g/mol. The maximum atomic E-state index is 11.9. The van der Waals surface area contributed by atoms with Gasteiger partial charge in [-0.25, -0.2) is 0 Å². The van der Waals surface area contributed by atoms with Crippen LogP contribution in [0.5, 0.6) is 0 Å². The number of para-hydroxylation sites is 1. The topological polar surface area (TPSA) is 34.5 Å². The van der Waals surface area contributed by atoms with Gasteiger partial charge in [0, 0.05) is 36.1 Å². The van der Waals surface area contributed by atoms with Gasteiger partial charge in [0.25, 0.3) is 0 Å². The molecule has 4 nitrogen and oxygen atoms in total. The number of hydrogen-bond donors (Lipinski definition) is 0. The van der Waals surface area contributed by atoms with Crippen molar-refractivity contribution in [1.82, 2.24) is 9.47 Å². The van der Waals surface area contributed by atoms with Crippen molar-refractivity contribution in [1.29, 1.82) is 0 Å². The van der Waals surface area contributed by atoms with Crippen LogP contribution in [0.25, 0.3) is 10.9 Å². The first-order chi connectivity index (χ1) is 9.70. The molecule has 0 saturated carbocycles. The Morgan fingerprint density at radius 1 is 1.33 bits per heavy atom. The third-order valence-electron chi connectivity index (χ3n) is 3.95. The number of nitrogens with zero attached hydrogens (tertiary/aromatic N) is 2. The van der Waals surface area contributed by atoms with Gasteiger partial charge in [-0.2, -0.15) is 0 Å². The van der Waals surface area contributed by atoms with E-state index >= 15 is 0 Å². The third-order valence-corrected chi connectivity index (χ3v) is 3.95. The predicted octanol–water partition coefficient (Wildman–Crippen LogP) is 2.61. The van der Waals surface area contributed by atoms with Crippen molar-refractivity contribution in [2.75, 3.05) is 20.2 Å². The number of esters is 1. The molecule has 1 aromatic carbocycles. The van der Waals surface area contributed by atoms with Gasteiger partial charge in [-0.15, -0.1) is 12.4 Å². The molecule has 114 valence electrons. The first kappa shape index (κ1) is 15.9. The summed E-state index contributed by atoms with van der Waals surface area (Å²) in [6.07, 6.45) is 0.986. The lowest BCUT2D eigenvalue weighted by Crippen LogP contribution is -2.28. The zero-order chi connectivity index (χ0) is 14.1. The highest BCUT2D eigenvalue weighted by molar-refractivity contribution is 5.87. The fourth-order valence-electron chi connectivity index (χ4n) is 3.05. The first-order valence-electron chi connectivity index (χ1n) is 7.14. The molecule has 5 heteroatoms. The van der Waals surface area contributed by atoms with Crippen LogP contribution in [0.3, 0.4) is 0 Å². The molecule has 0 amide bonds. The minimum atomic E-state index is -0.157. The van der Waals surface area contributed by atoms with Crippen LogP contribution in [0.2, 0.25) is 0 Å². The molecular formula is C16H21ClN2O2. The number of fused-ring (bicyclic) bond motifs is 3. The van der Waals surface area contributed by atoms with Gasteiger partial charge in [-0.1, -0.05) is 18.2 Å². The molecule has 2 aromatic rings. The van der Waals surface area contributed by atoms with Crippen molar-refractivity contribution in [3.63, 3.8) is 0 Å². The number of halogens is 1. The van der Waals surface area contributed by atoms with Gasteiger partial charge in [0.1, 0.15) is 6.54 Å². The Bertz CT molecular complexity index is 651. The molecule has 0 aliphatic carbocycles. The lowest BCUT2D eigenvalue weighted by molar-refractivity contribution is -0.143. The van der Waals surface area contributed by atoms with Crippen LogP contribution >= 0.6 is 12.4 Å². The van der Waals surface area contributed by atoms with Gasteiger partial charge >= 0.3 is 5.97 Å². The second-order valence-electron chi connectivity index (χ2n) is 5.32. The van der Waals surface area contributed by atoms with Crippen LogP contribution in [-0.2, 0) is 29.0 Å². The molecule has 2 heterocycles. The van der Waals surface area contributed by atoms with Crippen molar-refractivity contribution in [2.24, 2.45) is 0 Å². The smallest absolute Gasteiger partial charge is 0.325 e. The van der Waals surface area contributed by atoms with Crippen molar-refractivity contribution >= 4 is 29.3 Å². The molecule has 0 spiro atoms. The SMILES string of the molecule is CCOC(=O)Cn1c2c(c3ccccc31)CN(C)CC2.Cl. The van der Waals surface area contributed by atoms with Crippen molar-refractivity contribution < 1.29 is 9.53 Å². The van der Waals surface area contributed by atoms with Crippen LogP contribution in [-0.4, -0.2) is 35.6 Å². The minimum Gasteiger partial charge on any atom is -0.465 e. The van der Waals surface area contributed by atoms with Crippen molar-refractivity contribution in [3.8, 4) is 0 Å². The van der Waals surface area contributed by atoms with Gasteiger partial charge in [0.05, 0.1) is 6.61 Å². The molecule has 1 aliphatic rings. The quantitative estimate of drug-likeness (QED) is 0.818. The Morgan fingerprint density at radius 2 is 2.10 bits per heavy atom. The monoisotopic (exact) mass is 308 g/mol. The van der Waals surface area contributed by atoms with E-state index in [1.165, 1.54) is 16.6 Å². The van der Waals surface area contributed by atoms with E-state index in [9.17, 15) is 4.79 Å². The van der Waals surface area contributed by atoms with Crippen molar-refractivity contribution in [2.45, 2.75) is 26.4 Å². The summed E-state index contributed by atoms with van der Waals surface area (Å²) in [4.78, 5) is 14.2. The molecular weight excluding hydrogens is 288 g/mol. The number of likely N-dealkylation sites (N-methyl/N-ethyl adjacent to an activating group) is 1. The van der Waals surface area contributed by atoms with E-state index in [1.54, 1.807) is 0 Å². The standard InChI is InChI=1S/C16H20N2O2.ClH/c1-3-20-16(19)11-18-14-7-5-4-6-12(14)13-10-17(2)9-8-15(13)18;/h4-7H,3,8-11H2,1-2H3;1H. The summed E-state index contributed by atoms with van der Waals surface area (Å²) in [6, 6.07) is 8.33. The summed E-state index contributed by atoms with van der Waals surface area (Å²) < 4.78 is 7.24. The normalized spacial score (nSPS) is 14.6. The lowest BCUT2D eigenvalue weighted by Gasteiger charge is -2.24. The summed E-state index contributed by atoms with van der Waals surface area (Å²) in [5.41, 5.74) is 3.79. The molecule has 0 radical (unpaired) electrons. The Balaban J connectivity index is 0.00000161. The Kier molecular flexibility index (Phi) is 4.91. The van der Waals surface area contributed by atoms with Gasteiger partial charge < -0.3 is 14.2 Å². The second-order valence-corrected chi connectivity index (χ2v) is 5.32. The average Bonchev–Trinajstić information content (AvgIpc) is 2.74. The molecule has 1 aliphatic heterocycles. The fourth-order valence-corrected chi connectivity index (χ4v) is 3.05. The number of hydrogen-bond acceptors (Lipinski definition) is 3. The summed E-state index contributed by atoms with van der Waals surface area (Å²) in [6.45, 7) is 4.57. The lowest BCUT2D eigenvalue weighted by atomic mass is 10.1. The van der Waals surface area contributed by atoms with Crippen LogP contribution in [0.4, 0.5) is 0 Å². The summed E-state index contributed by atoms with van der Waals surface area (Å²) >= 11 is 0. The highest BCUT2D eigenvalue weighted by atomic mass is 35.5. The van der Waals surface area contributed by atoms with E-state index in [4.69, 9.17) is 4.74 Å². The fraction of sp³-hybridized carbons (Fsp3) is 0.438. The maximum Gasteiger partial charge on any atom is 0.325 e.